The van der Waals surface area contributed by atoms with Gasteiger partial charge < -0.3 is 9.80 Å². The third-order valence-electron chi connectivity index (χ3n) is 5.13. The van der Waals surface area contributed by atoms with Gasteiger partial charge in [-0.15, -0.1) is 0 Å². The number of likely N-dealkylation sites (tertiary alicyclic amines) is 2. The topological polar surface area (TPSA) is 66.4 Å². The number of nitrogens with zero attached hydrogens (tertiary/aromatic N) is 4. The van der Waals surface area contributed by atoms with Crippen LogP contribution in [0.25, 0.3) is 0 Å². The molecule has 0 aliphatic carbocycles. The van der Waals surface area contributed by atoms with Crippen LogP contribution in [0.4, 0.5) is 0 Å². The van der Waals surface area contributed by atoms with Gasteiger partial charge in [0, 0.05) is 50.4 Å². The van der Waals surface area contributed by atoms with Crippen molar-refractivity contribution in [2.24, 2.45) is 11.3 Å². The lowest BCUT2D eigenvalue weighted by Gasteiger charge is -2.38. The maximum absolute atomic E-state index is 12.6. The largest absolute Gasteiger partial charge is 0.342 e. The minimum atomic E-state index is -0.00629. The lowest BCUT2D eigenvalue weighted by Crippen LogP contribution is -2.44. The molecule has 2 aliphatic heterocycles. The van der Waals surface area contributed by atoms with Crippen molar-refractivity contribution in [1.82, 2.24) is 19.8 Å². The predicted octanol–water partition coefficient (Wildman–Crippen LogP) is 1.90. The van der Waals surface area contributed by atoms with Crippen LogP contribution < -0.4 is 0 Å². The Morgan fingerprint density at radius 2 is 1.88 bits per heavy atom. The summed E-state index contributed by atoms with van der Waals surface area (Å²) < 4.78 is 0. The summed E-state index contributed by atoms with van der Waals surface area (Å²) in [5.74, 6) is 1.43. The highest BCUT2D eigenvalue weighted by atomic mass is 16.2. The Morgan fingerprint density at radius 3 is 2.46 bits per heavy atom. The molecule has 0 bridgehead atoms. The summed E-state index contributed by atoms with van der Waals surface area (Å²) in [7, 11) is 0. The maximum atomic E-state index is 12.6. The minimum absolute atomic E-state index is 0.00629. The van der Waals surface area contributed by atoms with Crippen molar-refractivity contribution in [1.29, 1.82) is 0 Å². The number of rotatable bonds is 3. The summed E-state index contributed by atoms with van der Waals surface area (Å²) in [4.78, 5) is 36.9. The Balaban J connectivity index is 1.60. The molecule has 130 valence electrons. The van der Waals surface area contributed by atoms with E-state index in [0.717, 1.165) is 25.9 Å². The van der Waals surface area contributed by atoms with Crippen molar-refractivity contribution in [2.75, 3.05) is 26.2 Å². The first-order valence-corrected chi connectivity index (χ1v) is 8.74. The molecule has 1 aromatic heterocycles. The number of piperidine rings is 1. The number of amides is 2. The van der Waals surface area contributed by atoms with Crippen LogP contribution in [-0.4, -0.2) is 57.8 Å². The summed E-state index contributed by atoms with van der Waals surface area (Å²) >= 11 is 0. The van der Waals surface area contributed by atoms with Crippen LogP contribution in [0.1, 0.15) is 49.3 Å². The maximum Gasteiger partial charge on any atom is 0.256 e. The fourth-order valence-electron chi connectivity index (χ4n) is 3.79. The van der Waals surface area contributed by atoms with E-state index in [1.54, 1.807) is 19.3 Å². The first-order valence-electron chi connectivity index (χ1n) is 8.74. The Hall–Kier alpha value is -1.98. The average molecular weight is 330 g/mol. The van der Waals surface area contributed by atoms with Gasteiger partial charge in [-0.25, -0.2) is 9.97 Å². The highest BCUT2D eigenvalue weighted by Crippen LogP contribution is 2.41. The quantitative estimate of drug-likeness (QED) is 0.849. The molecule has 0 atom stereocenters. The number of hydrogen-bond acceptors (Lipinski definition) is 4. The molecular weight excluding hydrogens is 304 g/mol. The molecule has 6 heteroatoms. The number of carbonyl (C=O) groups is 2. The molecule has 6 nitrogen and oxygen atoms in total. The summed E-state index contributed by atoms with van der Waals surface area (Å²) in [6.07, 6.45) is 5.62. The number of carbonyl (C=O) groups excluding carboxylic acids is 2. The zero-order valence-electron chi connectivity index (χ0n) is 14.8. The molecule has 0 N–H and O–H groups in total. The zero-order chi connectivity index (χ0) is 17.3. The first kappa shape index (κ1) is 16.9. The van der Waals surface area contributed by atoms with Crippen LogP contribution in [-0.2, 0) is 4.79 Å². The molecule has 3 heterocycles. The van der Waals surface area contributed by atoms with Gasteiger partial charge in [0.2, 0.25) is 5.91 Å². The molecule has 3 rings (SSSR count). The van der Waals surface area contributed by atoms with E-state index in [2.05, 4.69) is 23.8 Å². The normalized spacial score (nSPS) is 20.2. The lowest BCUT2D eigenvalue weighted by molar-refractivity contribution is -0.128. The number of hydrogen-bond donors (Lipinski definition) is 0. The zero-order valence-corrected chi connectivity index (χ0v) is 14.8. The lowest BCUT2D eigenvalue weighted by atomic mass is 9.77. The highest BCUT2D eigenvalue weighted by molar-refractivity contribution is 5.93. The van der Waals surface area contributed by atoms with Crippen LogP contribution in [0.5, 0.6) is 0 Å². The van der Waals surface area contributed by atoms with E-state index < -0.39 is 0 Å². The van der Waals surface area contributed by atoms with Gasteiger partial charge in [-0.1, -0.05) is 13.8 Å². The van der Waals surface area contributed by atoms with Crippen LogP contribution >= 0.6 is 0 Å². The van der Waals surface area contributed by atoms with E-state index in [9.17, 15) is 9.59 Å². The van der Waals surface area contributed by atoms with Crippen LogP contribution in [0.2, 0.25) is 0 Å². The van der Waals surface area contributed by atoms with Crippen molar-refractivity contribution >= 4 is 11.8 Å². The van der Waals surface area contributed by atoms with E-state index in [4.69, 9.17) is 0 Å². The van der Waals surface area contributed by atoms with E-state index in [-0.39, 0.29) is 17.2 Å². The van der Waals surface area contributed by atoms with Crippen molar-refractivity contribution in [3.63, 3.8) is 0 Å². The standard InChI is InChI=1S/C18H26N4O2/c1-13(2)11-22-12-18(8-16(22)23)4-6-21(7-5-18)17(24)15-9-19-14(3)20-10-15/h9-10,13H,4-8,11-12H2,1-3H3. The third-order valence-corrected chi connectivity index (χ3v) is 5.13. The van der Waals surface area contributed by atoms with Crippen molar-refractivity contribution in [3.8, 4) is 0 Å². The summed E-state index contributed by atoms with van der Waals surface area (Å²) in [6, 6.07) is 0. The van der Waals surface area contributed by atoms with Crippen molar-refractivity contribution < 1.29 is 9.59 Å². The summed E-state index contributed by atoms with van der Waals surface area (Å²) in [5, 5.41) is 0. The number of aryl methyl sites for hydroxylation is 1. The molecular formula is C18H26N4O2. The molecule has 2 aliphatic rings. The molecule has 24 heavy (non-hydrogen) atoms. The second-order valence-electron chi connectivity index (χ2n) is 7.66. The molecule has 0 aromatic carbocycles. The molecule has 2 fully saturated rings. The van der Waals surface area contributed by atoms with Gasteiger partial charge >= 0.3 is 0 Å². The van der Waals surface area contributed by atoms with E-state index in [1.165, 1.54) is 0 Å². The first-order chi connectivity index (χ1) is 11.4. The van der Waals surface area contributed by atoms with E-state index >= 15 is 0 Å². The summed E-state index contributed by atoms with van der Waals surface area (Å²) in [5.41, 5.74) is 0.604. The highest BCUT2D eigenvalue weighted by Gasteiger charge is 2.45. The smallest absolute Gasteiger partial charge is 0.256 e. The fourth-order valence-corrected chi connectivity index (χ4v) is 3.79. The third kappa shape index (κ3) is 3.42. The SMILES string of the molecule is Cc1ncc(C(=O)N2CCC3(CC2)CC(=O)N(CC(C)C)C3)cn1. The van der Waals surface area contributed by atoms with Gasteiger partial charge in [-0.05, 0) is 25.7 Å². The van der Waals surface area contributed by atoms with Gasteiger partial charge in [-0.2, -0.15) is 0 Å². The van der Waals surface area contributed by atoms with Gasteiger partial charge in [-0.3, -0.25) is 9.59 Å². The monoisotopic (exact) mass is 330 g/mol. The molecule has 2 saturated heterocycles. The molecule has 0 saturated carbocycles. The Bertz CT molecular complexity index is 618. The second kappa shape index (κ2) is 6.49. The summed E-state index contributed by atoms with van der Waals surface area (Å²) in [6.45, 7) is 9.18. The Kier molecular flexibility index (Phi) is 4.56. The predicted molar refractivity (Wildman–Crippen MR) is 90.4 cm³/mol. The van der Waals surface area contributed by atoms with Gasteiger partial charge in [0.25, 0.3) is 5.91 Å². The molecule has 0 unspecified atom stereocenters. The Morgan fingerprint density at radius 1 is 1.25 bits per heavy atom. The Labute approximate surface area is 143 Å². The van der Waals surface area contributed by atoms with E-state index in [1.807, 2.05) is 9.80 Å². The van der Waals surface area contributed by atoms with E-state index in [0.29, 0.717) is 36.8 Å². The minimum Gasteiger partial charge on any atom is -0.342 e. The fraction of sp³-hybridized carbons (Fsp3) is 0.667. The van der Waals surface area contributed by atoms with Crippen molar-refractivity contribution in [3.05, 3.63) is 23.8 Å². The van der Waals surface area contributed by atoms with Crippen molar-refractivity contribution in [2.45, 2.75) is 40.0 Å². The molecule has 0 radical (unpaired) electrons. The van der Waals surface area contributed by atoms with Crippen LogP contribution in [0, 0.1) is 18.3 Å². The van der Waals surface area contributed by atoms with Crippen LogP contribution in [0.3, 0.4) is 0 Å². The molecule has 1 aromatic rings. The average Bonchev–Trinajstić information content (AvgIpc) is 2.83. The van der Waals surface area contributed by atoms with Gasteiger partial charge in [0.15, 0.2) is 0 Å². The molecule has 1 spiro atoms. The van der Waals surface area contributed by atoms with Crippen LogP contribution in [0.15, 0.2) is 12.4 Å². The van der Waals surface area contributed by atoms with Gasteiger partial charge in [0.05, 0.1) is 5.56 Å². The number of aromatic nitrogens is 2. The second-order valence-corrected chi connectivity index (χ2v) is 7.66. The molecule has 2 amide bonds. The van der Waals surface area contributed by atoms with Gasteiger partial charge in [0.1, 0.15) is 5.82 Å².